The van der Waals surface area contributed by atoms with Crippen LogP contribution in [0, 0.1) is 0 Å². The average molecular weight is 459 g/mol. The number of aromatic nitrogens is 5. The standard InChI is InChI=1S/C25H30N8O/c1-15(2)31(4)22-12-16-17(19(28-22)13-26-3)14-32(24(16)34)20-7-5-6-18(27-20)23-30-29-21-8-9-25(10-11-25)33(21)23/h5-7,12,15,26H,8-11,13-14H2,1-4H3. The Morgan fingerprint density at radius 1 is 1.18 bits per heavy atom. The Balaban J connectivity index is 1.37. The number of fused-ring (bicyclic) bond motifs is 3. The van der Waals surface area contributed by atoms with Gasteiger partial charge in [0.1, 0.15) is 23.2 Å². The zero-order chi connectivity index (χ0) is 23.6. The Hall–Kier alpha value is -3.33. The molecule has 0 aromatic carbocycles. The molecule has 5 heterocycles. The van der Waals surface area contributed by atoms with Gasteiger partial charge in [0.2, 0.25) is 0 Å². The normalized spacial score (nSPS) is 17.6. The number of carbonyl (C=O) groups is 1. The summed E-state index contributed by atoms with van der Waals surface area (Å²) in [5.74, 6) is 3.27. The van der Waals surface area contributed by atoms with Crippen LogP contribution in [0.3, 0.4) is 0 Å². The van der Waals surface area contributed by atoms with Crippen molar-refractivity contribution in [3.63, 3.8) is 0 Å². The predicted octanol–water partition coefficient (Wildman–Crippen LogP) is 2.89. The van der Waals surface area contributed by atoms with Crippen molar-refractivity contribution < 1.29 is 4.79 Å². The fourth-order valence-electron chi connectivity index (χ4n) is 5.21. The zero-order valence-corrected chi connectivity index (χ0v) is 20.2. The van der Waals surface area contributed by atoms with E-state index in [1.165, 1.54) is 12.8 Å². The van der Waals surface area contributed by atoms with Gasteiger partial charge in [-0.05, 0) is 58.4 Å². The third kappa shape index (κ3) is 3.14. The van der Waals surface area contributed by atoms with E-state index in [2.05, 4.69) is 38.8 Å². The third-order valence-corrected chi connectivity index (χ3v) is 7.55. The van der Waals surface area contributed by atoms with Crippen LogP contribution in [0.1, 0.15) is 60.5 Å². The minimum absolute atomic E-state index is 0.0389. The number of nitrogens with zero attached hydrogens (tertiary/aromatic N) is 7. The molecule has 1 fully saturated rings. The van der Waals surface area contributed by atoms with Crippen LogP contribution in [0.5, 0.6) is 0 Å². The molecule has 1 aliphatic carbocycles. The van der Waals surface area contributed by atoms with Crippen molar-refractivity contribution in [3.8, 4) is 11.5 Å². The fraction of sp³-hybridized carbons (Fsp3) is 0.480. The summed E-state index contributed by atoms with van der Waals surface area (Å²) in [5, 5.41) is 12.1. The molecule has 0 saturated heterocycles. The van der Waals surface area contributed by atoms with Gasteiger partial charge in [-0.2, -0.15) is 0 Å². The molecule has 0 atom stereocenters. The highest BCUT2D eigenvalue weighted by Gasteiger charge is 2.51. The molecule has 3 aromatic heterocycles. The van der Waals surface area contributed by atoms with Crippen molar-refractivity contribution in [2.24, 2.45) is 0 Å². The lowest BCUT2D eigenvalue weighted by molar-refractivity contribution is 0.0996. The van der Waals surface area contributed by atoms with Crippen molar-refractivity contribution in [2.45, 2.75) is 64.2 Å². The van der Waals surface area contributed by atoms with Crippen LogP contribution in [0.4, 0.5) is 11.6 Å². The first kappa shape index (κ1) is 21.2. The lowest BCUT2D eigenvalue weighted by Gasteiger charge is -2.24. The third-order valence-electron chi connectivity index (χ3n) is 7.55. The van der Waals surface area contributed by atoms with Crippen molar-refractivity contribution in [1.29, 1.82) is 0 Å². The van der Waals surface area contributed by atoms with Gasteiger partial charge < -0.3 is 14.8 Å². The van der Waals surface area contributed by atoms with Crippen LogP contribution in [-0.2, 0) is 25.0 Å². The quantitative estimate of drug-likeness (QED) is 0.607. The molecule has 34 heavy (non-hydrogen) atoms. The summed E-state index contributed by atoms with van der Waals surface area (Å²) in [4.78, 5) is 27.2. The van der Waals surface area contributed by atoms with Gasteiger partial charge in [0, 0.05) is 37.2 Å². The second kappa shape index (κ2) is 7.59. The second-order valence-corrected chi connectivity index (χ2v) is 9.96. The minimum atomic E-state index is -0.0389. The molecule has 1 spiro atoms. The van der Waals surface area contributed by atoms with Gasteiger partial charge in [-0.1, -0.05) is 6.07 Å². The van der Waals surface area contributed by atoms with Gasteiger partial charge in [-0.25, -0.2) is 9.97 Å². The van der Waals surface area contributed by atoms with Crippen molar-refractivity contribution in [1.82, 2.24) is 30.0 Å². The van der Waals surface area contributed by atoms with Gasteiger partial charge in [-0.15, -0.1) is 10.2 Å². The van der Waals surface area contributed by atoms with Gasteiger partial charge >= 0.3 is 0 Å². The molecule has 3 aliphatic rings. The minimum Gasteiger partial charge on any atom is -0.357 e. The van der Waals surface area contributed by atoms with E-state index in [4.69, 9.17) is 9.97 Å². The molecule has 9 heteroatoms. The van der Waals surface area contributed by atoms with Crippen LogP contribution < -0.4 is 15.1 Å². The molecule has 1 saturated carbocycles. The summed E-state index contributed by atoms with van der Waals surface area (Å²) in [6, 6.07) is 8.01. The molecule has 0 bridgehead atoms. The zero-order valence-electron chi connectivity index (χ0n) is 20.2. The van der Waals surface area contributed by atoms with Gasteiger partial charge in [0.25, 0.3) is 5.91 Å². The number of carbonyl (C=O) groups excluding carboxylic acids is 1. The number of nitrogens with one attached hydrogen (secondary N) is 1. The topological polar surface area (TPSA) is 92.1 Å². The van der Waals surface area contributed by atoms with Crippen LogP contribution in [0.15, 0.2) is 24.3 Å². The summed E-state index contributed by atoms with van der Waals surface area (Å²) in [5.41, 5.74) is 3.53. The molecular formula is C25H30N8O. The molecule has 9 nitrogen and oxygen atoms in total. The van der Waals surface area contributed by atoms with E-state index in [0.29, 0.717) is 24.5 Å². The first-order chi connectivity index (χ1) is 16.4. The number of anilines is 2. The van der Waals surface area contributed by atoms with E-state index < -0.39 is 0 Å². The van der Waals surface area contributed by atoms with Crippen LogP contribution in [0.2, 0.25) is 0 Å². The Kier molecular flexibility index (Phi) is 4.74. The molecule has 1 amide bonds. The van der Waals surface area contributed by atoms with Gasteiger partial charge in [0.05, 0.1) is 17.8 Å². The van der Waals surface area contributed by atoms with E-state index in [0.717, 1.165) is 47.3 Å². The van der Waals surface area contributed by atoms with E-state index in [-0.39, 0.29) is 17.5 Å². The van der Waals surface area contributed by atoms with E-state index >= 15 is 0 Å². The van der Waals surface area contributed by atoms with E-state index in [9.17, 15) is 4.79 Å². The highest BCUT2D eigenvalue weighted by atomic mass is 16.2. The number of pyridine rings is 2. The predicted molar refractivity (Wildman–Crippen MR) is 130 cm³/mol. The Labute approximate surface area is 199 Å². The Morgan fingerprint density at radius 3 is 2.74 bits per heavy atom. The maximum Gasteiger partial charge on any atom is 0.260 e. The lowest BCUT2D eigenvalue weighted by atomic mass is 10.1. The Bertz CT molecular complexity index is 1290. The molecule has 1 N–H and O–H groups in total. The van der Waals surface area contributed by atoms with Crippen molar-refractivity contribution in [3.05, 3.63) is 46.9 Å². The van der Waals surface area contributed by atoms with Crippen LogP contribution in [0.25, 0.3) is 11.5 Å². The molecule has 0 radical (unpaired) electrons. The van der Waals surface area contributed by atoms with Gasteiger partial charge in [-0.3, -0.25) is 9.69 Å². The molecule has 176 valence electrons. The summed E-state index contributed by atoms with van der Waals surface area (Å²) in [6.45, 7) is 5.29. The number of rotatable bonds is 6. The average Bonchev–Trinajstić information content (AvgIpc) is 3.18. The maximum atomic E-state index is 13.6. The SMILES string of the molecule is CNCc1nc(N(C)C(C)C)cc2c1CN(c1cccc(-c3nnc4n3C3(CC4)CC3)n1)C2=O. The molecule has 0 unspecified atom stereocenters. The summed E-state index contributed by atoms with van der Waals surface area (Å²) >= 11 is 0. The first-order valence-electron chi connectivity index (χ1n) is 12.1. The Morgan fingerprint density at radius 2 is 2.00 bits per heavy atom. The van der Waals surface area contributed by atoms with Gasteiger partial charge in [0.15, 0.2) is 5.82 Å². The lowest BCUT2D eigenvalue weighted by Crippen LogP contribution is -2.27. The van der Waals surface area contributed by atoms with Crippen LogP contribution in [-0.4, -0.2) is 50.8 Å². The number of hydrogen-bond donors (Lipinski definition) is 1. The van der Waals surface area contributed by atoms with Crippen molar-refractivity contribution >= 4 is 17.5 Å². The first-order valence-corrected chi connectivity index (χ1v) is 12.1. The van der Waals surface area contributed by atoms with Crippen LogP contribution >= 0.6 is 0 Å². The van der Waals surface area contributed by atoms with E-state index in [1.54, 1.807) is 4.90 Å². The second-order valence-electron chi connectivity index (χ2n) is 9.96. The fourth-order valence-corrected chi connectivity index (χ4v) is 5.21. The van der Waals surface area contributed by atoms with Crippen molar-refractivity contribution in [2.75, 3.05) is 23.9 Å². The smallest absolute Gasteiger partial charge is 0.260 e. The molecule has 2 aliphatic heterocycles. The largest absolute Gasteiger partial charge is 0.357 e. The highest BCUT2D eigenvalue weighted by Crippen LogP contribution is 2.53. The monoisotopic (exact) mass is 458 g/mol. The molecule has 6 rings (SSSR count). The molecule has 3 aromatic rings. The molecular weight excluding hydrogens is 428 g/mol. The summed E-state index contributed by atoms with van der Waals surface area (Å²) in [6.07, 6.45) is 4.47. The van der Waals surface area contributed by atoms with E-state index in [1.807, 2.05) is 38.4 Å². The summed E-state index contributed by atoms with van der Waals surface area (Å²) in [7, 11) is 3.91. The highest BCUT2D eigenvalue weighted by molar-refractivity contribution is 6.10. The maximum absolute atomic E-state index is 13.6. The number of hydrogen-bond acceptors (Lipinski definition) is 7. The number of amides is 1. The summed E-state index contributed by atoms with van der Waals surface area (Å²) < 4.78 is 2.29. The number of aryl methyl sites for hydroxylation is 1.